The number of methoxy groups -OCH3 is 1. The number of ether oxygens (including phenoxy) is 1. The van der Waals surface area contributed by atoms with Crippen molar-refractivity contribution < 1.29 is 9.53 Å². The maximum absolute atomic E-state index is 12.1. The normalized spacial score (nSPS) is 10.2. The van der Waals surface area contributed by atoms with E-state index in [1.165, 1.54) is 11.3 Å². The van der Waals surface area contributed by atoms with Crippen molar-refractivity contribution in [2.75, 3.05) is 12.4 Å². The number of hydrogen-bond acceptors (Lipinski definition) is 3. The number of nitrogens with one attached hydrogen (secondary N) is 1. The molecule has 1 aromatic carbocycles. The van der Waals surface area contributed by atoms with Crippen molar-refractivity contribution in [3.05, 3.63) is 44.6 Å². The highest BCUT2D eigenvalue weighted by molar-refractivity contribution is 9.10. The van der Waals surface area contributed by atoms with Crippen LogP contribution < -0.4 is 10.1 Å². The lowest BCUT2D eigenvalue weighted by molar-refractivity contribution is 0.103. The van der Waals surface area contributed by atoms with E-state index >= 15 is 0 Å². The lowest BCUT2D eigenvalue weighted by Gasteiger charge is -2.09. The van der Waals surface area contributed by atoms with Crippen LogP contribution in [0, 0.1) is 6.92 Å². The van der Waals surface area contributed by atoms with Crippen LogP contribution in [0.4, 0.5) is 5.69 Å². The SMILES string of the molecule is COc1ccc(Br)c(NC(=O)c2sccc2C)c1. The largest absolute Gasteiger partial charge is 0.497 e. The maximum Gasteiger partial charge on any atom is 0.266 e. The Hall–Kier alpha value is -1.33. The quantitative estimate of drug-likeness (QED) is 0.923. The molecule has 0 aliphatic rings. The van der Waals surface area contributed by atoms with Crippen LogP contribution in [-0.2, 0) is 0 Å². The van der Waals surface area contributed by atoms with Crippen LogP contribution in [0.2, 0.25) is 0 Å². The summed E-state index contributed by atoms with van der Waals surface area (Å²) in [6.45, 7) is 1.92. The molecular formula is C13H12BrNO2S. The molecule has 1 amide bonds. The van der Waals surface area contributed by atoms with Gasteiger partial charge in [-0.2, -0.15) is 0 Å². The topological polar surface area (TPSA) is 38.3 Å². The van der Waals surface area contributed by atoms with Crippen LogP contribution in [0.15, 0.2) is 34.1 Å². The third-order valence-corrected chi connectivity index (χ3v) is 4.20. The molecule has 0 radical (unpaired) electrons. The third-order valence-electron chi connectivity index (χ3n) is 2.49. The Morgan fingerprint density at radius 3 is 2.78 bits per heavy atom. The predicted octanol–water partition coefficient (Wildman–Crippen LogP) is 4.08. The summed E-state index contributed by atoms with van der Waals surface area (Å²) in [5.41, 5.74) is 1.68. The average molecular weight is 326 g/mol. The number of halogens is 1. The number of carbonyl (C=O) groups excluding carboxylic acids is 1. The molecule has 0 bridgehead atoms. The van der Waals surface area contributed by atoms with E-state index in [2.05, 4.69) is 21.2 Å². The van der Waals surface area contributed by atoms with E-state index in [9.17, 15) is 4.79 Å². The first-order chi connectivity index (χ1) is 8.61. The van der Waals surface area contributed by atoms with E-state index < -0.39 is 0 Å². The fraction of sp³-hybridized carbons (Fsp3) is 0.154. The van der Waals surface area contributed by atoms with Crippen molar-refractivity contribution in [3.63, 3.8) is 0 Å². The molecule has 0 aliphatic carbocycles. The first-order valence-corrected chi connectivity index (χ1v) is 6.98. The number of benzene rings is 1. The van der Waals surface area contributed by atoms with Gasteiger partial charge in [-0.25, -0.2) is 0 Å². The van der Waals surface area contributed by atoms with Gasteiger partial charge in [-0.15, -0.1) is 11.3 Å². The van der Waals surface area contributed by atoms with Gasteiger partial charge in [0.2, 0.25) is 0 Å². The van der Waals surface area contributed by atoms with Crippen molar-refractivity contribution in [1.29, 1.82) is 0 Å². The average Bonchev–Trinajstić information content (AvgIpc) is 2.78. The Morgan fingerprint density at radius 1 is 1.39 bits per heavy atom. The number of carbonyl (C=O) groups is 1. The molecule has 1 heterocycles. The predicted molar refractivity (Wildman–Crippen MR) is 77.7 cm³/mol. The van der Waals surface area contributed by atoms with Gasteiger partial charge in [0.25, 0.3) is 5.91 Å². The van der Waals surface area contributed by atoms with Crippen molar-refractivity contribution >= 4 is 38.9 Å². The van der Waals surface area contributed by atoms with Gasteiger partial charge in [-0.1, -0.05) is 0 Å². The monoisotopic (exact) mass is 325 g/mol. The van der Waals surface area contributed by atoms with E-state index in [1.807, 2.05) is 30.5 Å². The zero-order valence-electron chi connectivity index (χ0n) is 9.99. The highest BCUT2D eigenvalue weighted by Crippen LogP contribution is 2.28. The van der Waals surface area contributed by atoms with Crippen LogP contribution in [0.1, 0.15) is 15.2 Å². The molecule has 0 atom stereocenters. The Labute approximate surface area is 118 Å². The maximum atomic E-state index is 12.1. The molecule has 0 unspecified atom stereocenters. The standard InChI is InChI=1S/C13H12BrNO2S/c1-8-5-6-18-12(8)13(16)15-11-7-9(17-2)3-4-10(11)14/h3-7H,1-2H3,(H,15,16). The van der Waals surface area contributed by atoms with Crippen LogP contribution in [0.25, 0.3) is 0 Å². The third kappa shape index (κ3) is 2.73. The first kappa shape index (κ1) is 13.1. The van der Waals surface area contributed by atoms with Gasteiger partial charge in [0.1, 0.15) is 5.75 Å². The molecular weight excluding hydrogens is 314 g/mol. The van der Waals surface area contributed by atoms with Crippen LogP contribution in [0.5, 0.6) is 5.75 Å². The second-order valence-corrected chi connectivity index (χ2v) is 5.50. The lowest BCUT2D eigenvalue weighted by atomic mass is 10.2. The van der Waals surface area contributed by atoms with E-state index in [4.69, 9.17) is 4.74 Å². The Morgan fingerprint density at radius 2 is 2.17 bits per heavy atom. The van der Waals surface area contributed by atoms with E-state index in [1.54, 1.807) is 13.2 Å². The number of rotatable bonds is 3. The van der Waals surface area contributed by atoms with Crippen molar-refractivity contribution in [2.45, 2.75) is 6.92 Å². The molecule has 0 aliphatic heterocycles. The van der Waals surface area contributed by atoms with E-state index in [0.717, 1.165) is 14.9 Å². The molecule has 5 heteroatoms. The van der Waals surface area contributed by atoms with Gasteiger partial charge in [-0.3, -0.25) is 4.79 Å². The molecule has 3 nitrogen and oxygen atoms in total. The minimum atomic E-state index is -0.101. The molecule has 0 spiro atoms. The van der Waals surface area contributed by atoms with Crippen LogP contribution >= 0.6 is 27.3 Å². The summed E-state index contributed by atoms with van der Waals surface area (Å²) in [7, 11) is 1.60. The zero-order chi connectivity index (χ0) is 13.1. The molecule has 18 heavy (non-hydrogen) atoms. The second-order valence-electron chi connectivity index (χ2n) is 3.73. The summed E-state index contributed by atoms with van der Waals surface area (Å²) in [5.74, 6) is 0.604. The van der Waals surface area contributed by atoms with Gasteiger partial charge in [0.15, 0.2) is 0 Å². The first-order valence-electron chi connectivity index (χ1n) is 5.31. The van der Waals surface area contributed by atoms with Gasteiger partial charge < -0.3 is 10.1 Å². The van der Waals surface area contributed by atoms with Crippen molar-refractivity contribution in [3.8, 4) is 5.75 Å². The highest BCUT2D eigenvalue weighted by Gasteiger charge is 2.12. The number of hydrogen-bond donors (Lipinski definition) is 1. The van der Waals surface area contributed by atoms with E-state index in [-0.39, 0.29) is 5.91 Å². The van der Waals surface area contributed by atoms with Crippen LogP contribution in [-0.4, -0.2) is 13.0 Å². The summed E-state index contributed by atoms with van der Waals surface area (Å²) in [6.07, 6.45) is 0. The number of amides is 1. The molecule has 0 saturated heterocycles. The minimum Gasteiger partial charge on any atom is -0.497 e. The van der Waals surface area contributed by atoms with E-state index in [0.29, 0.717) is 11.4 Å². The molecule has 94 valence electrons. The highest BCUT2D eigenvalue weighted by atomic mass is 79.9. The summed E-state index contributed by atoms with van der Waals surface area (Å²) in [6, 6.07) is 7.39. The van der Waals surface area contributed by atoms with Gasteiger partial charge in [0, 0.05) is 10.5 Å². The van der Waals surface area contributed by atoms with Crippen molar-refractivity contribution in [1.82, 2.24) is 0 Å². The zero-order valence-corrected chi connectivity index (χ0v) is 12.4. The van der Waals surface area contributed by atoms with Gasteiger partial charge in [-0.05, 0) is 52.0 Å². The number of anilines is 1. The number of thiophene rings is 1. The molecule has 2 aromatic rings. The van der Waals surface area contributed by atoms with Crippen LogP contribution in [0.3, 0.4) is 0 Å². The smallest absolute Gasteiger partial charge is 0.266 e. The summed E-state index contributed by atoms with van der Waals surface area (Å²) >= 11 is 4.84. The fourth-order valence-corrected chi connectivity index (χ4v) is 2.68. The molecule has 1 aromatic heterocycles. The number of aryl methyl sites for hydroxylation is 1. The molecule has 0 fully saturated rings. The summed E-state index contributed by atoms with van der Waals surface area (Å²) < 4.78 is 5.96. The fourth-order valence-electron chi connectivity index (χ4n) is 1.51. The Kier molecular flexibility index (Phi) is 4.04. The molecule has 2 rings (SSSR count). The Bertz CT molecular complexity index is 580. The molecule has 0 saturated carbocycles. The summed E-state index contributed by atoms with van der Waals surface area (Å²) in [5, 5.41) is 4.78. The lowest BCUT2D eigenvalue weighted by Crippen LogP contribution is -2.11. The summed E-state index contributed by atoms with van der Waals surface area (Å²) in [4.78, 5) is 12.8. The molecule has 1 N–H and O–H groups in total. The van der Waals surface area contributed by atoms with Crippen molar-refractivity contribution in [2.24, 2.45) is 0 Å². The second kappa shape index (κ2) is 5.54. The minimum absolute atomic E-state index is 0.101. The van der Waals surface area contributed by atoms with Gasteiger partial charge in [0.05, 0.1) is 17.7 Å². The Balaban J connectivity index is 2.24. The van der Waals surface area contributed by atoms with Gasteiger partial charge >= 0.3 is 0 Å².